The maximum Gasteiger partial charge on any atom is 0.257 e. The largest absolute Gasteiger partial charge is 0.328 e. The molecule has 5 rings (SSSR count). The summed E-state index contributed by atoms with van der Waals surface area (Å²) in [5.74, 6) is 0. The SMILES string of the molecule is Cc1cscc1-c1c[nH]c(=O)c2cc(-c3ccccc3)c(-c3ccc(CN)cc3)nc12. The van der Waals surface area contributed by atoms with Gasteiger partial charge in [-0.25, -0.2) is 4.98 Å². The van der Waals surface area contributed by atoms with E-state index in [0.717, 1.165) is 39.1 Å². The summed E-state index contributed by atoms with van der Waals surface area (Å²) in [5.41, 5.74) is 14.4. The summed E-state index contributed by atoms with van der Waals surface area (Å²) in [5, 5.41) is 4.80. The summed E-state index contributed by atoms with van der Waals surface area (Å²) in [6, 6.07) is 20.2. The van der Waals surface area contributed by atoms with Gasteiger partial charge in [-0.1, -0.05) is 54.6 Å². The quantitative estimate of drug-likeness (QED) is 0.386. The van der Waals surface area contributed by atoms with E-state index in [2.05, 4.69) is 22.7 Å². The average Bonchev–Trinajstić information content (AvgIpc) is 3.25. The Morgan fingerprint density at radius 1 is 0.935 bits per heavy atom. The van der Waals surface area contributed by atoms with E-state index in [1.807, 2.05) is 60.7 Å². The first-order valence-corrected chi connectivity index (χ1v) is 11.0. The van der Waals surface area contributed by atoms with Crippen LogP contribution >= 0.6 is 11.3 Å². The molecule has 4 nitrogen and oxygen atoms in total. The van der Waals surface area contributed by atoms with Gasteiger partial charge in [-0.05, 0) is 46.0 Å². The Labute approximate surface area is 184 Å². The summed E-state index contributed by atoms with van der Waals surface area (Å²) < 4.78 is 0. The van der Waals surface area contributed by atoms with Crippen molar-refractivity contribution in [3.63, 3.8) is 0 Å². The summed E-state index contributed by atoms with van der Waals surface area (Å²) in [4.78, 5) is 20.8. The summed E-state index contributed by atoms with van der Waals surface area (Å²) in [6.45, 7) is 2.57. The van der Waals surface area contributed by atoms with E-state index < -0.39 is 0 Å². The third-order valence-electron chi connectivity index (χ3n) is 5.56. The molecule has 0 bridgehead atoms. The second-order valence-corrected chi connectivity index (χ2v) is 8.29. The fourth-order valence-corrected chi connectivity index (χ4v) is 4.72. The molecule has 3 heterocycles. The summed E-state index contributed by atoms with van der Waals surface area (Å²) in [7, 11) is 0. The van der Waals surface area contributed by atoms with Crippen molar-refractivity contribution < 1.29 is 0 Å². The zero-order valence-electron chi connectivity index (χ0n) is 17.1. The monoisotopic (exact) mass is 423 g/mol. The van der Waals surface area contributed by atoms with Crippen LogP contribution in [-0.4, -0.2) is 9.97 Å². The number of nitrogens with two attached hydrogens (primary N) is 1. The molecule has 31 heavy (non-hydrogen) atoms. The lowest BCUT2D eigenvalue weighted by molar-refractivity contribution is 1.07. The number of nitrogens with one attached hydrogen (secondary N) is 1. The molecule has 0 fully saturated rings. The van der Waals surface area contributed by atoms with Gasteiger partial charge in [0.25, 0.3) is 5.56 Å². The smallest absolute Gasteiger partial charge is 0.257 e. The second kappa shape index (κ2) is 7.95. The molecule has 152 valence electrons. The number of fused-ring (bicyclic) bond motifs is 1. The van der Waals surface area contributed by atoms with E-state index in [1.165, 1.54) is 5.56 Å². The minimum atomic E-state index is -0.138. The van der Waals surface area contributed by atoms with Gasteiger partial charge in [0, 0.05) is 29.4 Å². The second-order valence-electron chi connectivity index (χ2n) is 7.55. The molecule has 0 saturated carbocycles. The number of benzene rings is 2. The first-order chi connectivity index (χ1) is 15.2. The van der Waals surface area contributed by atoms with E-state index in [1.54, 1.807) is 17.5 Å². The highest BCUT2D eigenvalue weighted by Gasteiger charge is 2.17. The Morgan fingerprint density at radius 3 is 2.39 bits per heavy atom. The molecule has 0 radical (unpaired) electrons. The average molecular weight is 424 g/mol. The van der Waals surface area contributed by atoms with Crippen LogP contribution in [0.3, 0.4) is 0 Å². The molecule has 3 N–H and O–H groups in total. The molecule has 0 aliphatic rings. The molecule has 2 aromatic carbocycles. The van der Waals surface area contributed by atoms with Gasteiger partial charge in [0.2, 0.25) is 0 Å². The van der Waals surface area contributed by atoms with Gasteiger partial charge in [-0.15, -0.1) is 0 Å². The van der Waals surface area contributed by atoms with Crippen LogP contribution < -0.4 is 11.3 Å². The minimum absolute atomic E-state index is 0.138. The van der Waals surface area contributed by atoms with E-state index in [-0.39, 0.29) is 5.56 Å². The molecule has 0 atom stereocenters. The topological polar surface area (TPSA) is 71.8 Å². The number of pyridine rings is 2. The number of nitrogens with zero attached hydrogens (tertiary/aromatic N) is 1. The van der Waals surface area contributed by atoms with Crippen molar-refractivity contribution in [1.29, 1.82) is 0 Å². The Morgan fingerprint density at radius 2 is 1.71 bits per heavy atom. The highest BCUT2D eigenvalue weighted by atomic mass is 32.1. The maximum absolute atomic E-state index is 12.8. The minimum Gasteiger partial charge on any atom is -0.328 e. The van der Waals surface area contributed by atoms with Crippen LogP contribution in [0.1, 0.15) is 11.1 Å². The third-order valence-corrected chi connectivity index (χ3v) is 6.42. The van der Waals surface area contributed by atoms with Crippen LogP contribution in [0.2, 0.25) is 0 Å². The summed E-state index contributed by atoms with van der Waals surface area (Å²) in [6.07, 6.45) is 1.77. The predicted molar refractivity (Wildman–Crippen MR) is 129 cm³/mol. The van der Waals surface area contributed by atoms with Gasteiger partial charge < -0.3 is 10.7 Å². The molecule has 0 unspecified atom stereocenters. The van der Waals surface area contributed by atoms with E-state index in [9.17, 15) is 4.79 Å². The summed E-state index contributed by atoms with van der Waals surface area (Å²) >= 11 is 1.65. The van der Waals surface area contributed by atoms with Crippen LogP contribution in [0.25, 0.3) is 44.4 Å². The number of hydrogen-bond donors (Lipinski definition) is 2. The molecule has 0 saturated heterocycles. The number of H-pyrrole nitrogens is 1. The lowest BCUT2D eigenvalue weighted by Gasteiger charge is -2.14. The Hall–Kier alpha value is -3.54. The van der Waals surface area contributed by atoms with Crippen molar-refractivity contribution in [3.05, 3.63) is 99.1 Å². The van der Waals surface area contributed by atoms with Crippen LogP contribution in [0.5, 0.6) is 0 Å². The van der Waals surface area contributed by atoms with Crippen LogP contribution in [0.4, 0.5) is 0 Å². The molecule has 5 aromatic rings. The molecule has 3 aromatic heterocycles. The van der Waals surface area contributed by atoms with Gasteiger partial charge in [0.1, 0.15) is 0 Å². The Bertz CT molecular complexity index is 1430. The molecular formula is C26H21N3OS. The Kier molecular flexibility index (Phi) is 4.98. The van der Waals surface area contributed by atoms with Gasteiger partial charge in [-0.3, -0.25) is 4.79 Å². The van der Waals surface area contributed by atoms with Crippen molar-refractivity contribution in [1.82, 2.24) is 9.97 Å². The van der Waals surface area contributed by atoms with Crippen LogP contribution in [-0.2, 0) is 6.54 Å². The van der Waals surface area contributed by atoms with Gasteiger partial charge in [-0.2, -0.15) is 11.3 Å². The number of aromatic amines is 1. The van der Waals surface area contributed by atoms with E-state index in [0.29, 0.717) is 17.4 Å². The van der Waals surface area contributed by atoms with Crippen molar-refractivity contribution in [2.24, 2.45) is 5.73 Å². The zero-order chi connectivity index (χ0) is 21.4. The van der Waals surface area contributed by atoms with Gasteiger partial charge >= 0.3 is 0 Å². The van der Waals surface area contributed by atoms with Crippen LogP contribution in [0, 0.1) is 6.92 Å². The maximum atomic E-state index is 12.8. The number of aromatic nitrogens is 2. The molecule has 0 aliphatic heterocycles. The number of aryl methyl sites for hydroxylation is 1. The van der Waals surface area contributed by atoms with Crippen molar-refractivity contribution in [3.8, 4) is 33.5 Å². The standard InChI is InChI=1S/C26H21N3OS/c1-16-14-31-15-23(16)22-13-28-26(30)21-11-20(18-5-3-2-4-6-18)24(29-25(21)22)19-9-7-17(12-27)8-10-19/h2-11,13-15H,12,27H2,1H3,(H,28,30). The molecule has 0 spiro atoms. The normalized spacial score (nSPS) is 11.2. The lowest BCUT2D eigenvalue weighted by Crippen LogP contribution is -2.08. The third kappa shape index (κ3) is 3.48. The van der Waals surface area contributed by atoms with Crippen molar-refractivity contribution in [2.75, 3.05) is 0 Å². The lowest BCUT2D eigenvalue weighted by atomic mass is 9.95. The van der Waals surface area contributed by atoms with Gasteiger partial charge in [0.05, 0.1) is 16.6 Å². The fourth-order valence-electron chi connectivity index (χ4n) is 3.87. The number of rotatable bonds is 4. The molecular weight excluding hydrogens is 402 g/mol. The fraction of sp³-hybridized carbons (Fsp3) is 0.0769. The first-order valence-electron chi connectivity index (χ1n) is 10.1. The van der Waals surface area contributed by atoms with Gasteiger partial charge in [0.15, 0.2) is 0 Å². The predicted octanol–water partition coefficient (Wildman–Crippen LogP) is 5.75. The van der Waals surface area contributed by atoms with E-state index in [4.69, 9.17) is 10.7 Å². The number of thiophene rings is 1. The highest BCUT2D eigenvalue weighted by Crippen LogP contribution is 2.36. The molecule has 0 amide bonds. The van der Waals surface area contributed by atoms with Crippen LogP contribution in [0.15, 0.2) is 82.4 Å². The van der Waals surface area contributed by atoms with E-state index >= 15 is 0 Å². The Balaban J connectivity index is 1.85. The molecule has 5 heteroatoms. The highest BCUT2D eigenvalue weighted by molar-refractivity contribution is 7.08. The van der Waals surface area contributed by atoms with Crippen molar-refractivity contribution >= 4 is 22.2 Å². The number of hydrogen-bond acceptors (Lipinski definition) is 4. The van der Waals surface area contributed by atoms with Crippen molar-refractivity contribution in [2.45, 2.75) is 13.5 Å². The zero-order valence-corrected chi connectivity index (χ0v) is 17.9. The molecule has 0 aliphatic carbocycles. The first kappa shape index (κ1) is 19.4.